The second-order valence-electron chi connectivity index (χ2n) is 12.0. The Labute approximate surface area is 255 Å². The summed E-state index contributed by atoms with van der Waals surface area (Å²) >= 11 is 6.04. The van der Waals surface area contributed by atoms with E-state index in [4.69, 9.17) is 16.3 Å². The molecule has 3 aromatic rings. The Morgan fingerprint density at radius 1 is 1.02 bits per heavy atom. The van der Waals surface area contributed by atoms with Crippen LogP contribution in [0.3, 0.4) is 0 Å². The standard InChI is InChI=1S/C33H26ClFN2O7/c1-33-22(29(40)36(31(33)42)16-8-12-24(35)23(34)13-16)14-21-18(10-11-19-25(21)30(41)37(28(19)39)32(43)44-2)26(33)20-9-7-15-5-3-4-6-17(15)27(20)38/h3-10,12-13,19,21-22,25-26,38H,11,14H2,1-2H3. The number of halogens is 2. The SMILES string of the molecule is COC(=O)N1C(=O)C2CC=C3C(CC4C(=O)N(c5ccc(F)c(Cl)c5)C(=O)C4(C)C3c3ccc4ccccc4c3O)C2C1=O. The van der Waals surface area contributed by atoms with E-state index in [0.717, 1.165) is 23.5 Å². The van der Waals surface area contributed by atoms with Gasteiger partial charge in [0.25, 0.3) is 0 Å². The first-order valence-corrected chi connectivity index (χ1v) is 14.6. The van der Waals surface area contributed by atoms with Crippen LogP contribution in [0.4, 0.5) is 14.9 Å². The Balaban J connectivity index is 1.43. The first-order chi connectivity index (χ1) is 21.0. The van der Waals surface area contributed by atoms with E-state index in [2.05, 4.69) is 0 Å². The smallest absolute Gasteiger partial charge is 0.423 e. The van der Waals surface area contributed by atoms with Crippen LogP contribution >= 0.6 is 11.6 Å². The molecule has 1 saturated carbocycles. The number of hydrogen-bond acceptors (Lipinski definition) is 7. The van der Waals surface area contributed by atoms with Gasteiger partial charge < -0.3 is 9.84 Å². The number of imide groups is 4. The van der Waals surface area contributed by atoms with Crippen molar-refractivity contribution in [1.82, 2.24) is 4.90 Å². The largest absolute Gasteiger partial charge is 0.507 e. The number of likely N-dealkylation sites (tertiary alicyclic amines) is 1. The molecule has 0 spiro atoms. The third-order valence-corrected chi connectivity index (χ3v) is 10.3. The average molecular weight is 617 g/mol. The second-order valence-corrected chi connectivity index (χ2v) is 12.4. The number of carbonyl (C=O) groups excluding carboxylic acids is 5. The first-order valence-electron chi connectivity index (χ1n) is 14.2. The number of phenolic OH excluding ortho intramolecular Hbond substituents is 1. The number of phenols is 1. The molecule has 2 aliphatic heterocycles. The predicted octanol–water partition coefficient (Wildman–Crippen LogP) is 5.34. The molecule has 0 aromatic heterocycles. The van der Waals surface area contributed by atoms with E-state index in [1.165, 1.54) is 12.1 Å². The van der Waals surface area contributed by atoms with E-state index < -0.39 is 70.5 Å². The molecule has 0 bridgehead atoms. The van der Waals surface area contributed by atoms with Crippen LogP contribution in [0.25, 0.3) is 10.8 Å². The van der Waals surface area contributed by atoms with Crippen molar-refractivity contribution in [1.29, 1.82) is 0 Å². The maximum atomic E-state index is 14.5. The van der Waals surface area contributed by atoms with Crippen LogP contribution in [-0.2, 0) is 23.9 Å². The zero-order valence-corrected chi connectivity index (χ0v) is 24.4. The number of nitrogens with zero attached hydrogens (tertiary/aromatic N) is 2. The van der Waals surface area contributed by atoms with Crippen molar-refractivity contribution >= 4 is 57.8 Å². The monoisotopic (exact) mass is 616 g/mol. The Morgan fingerprint density at radius 2 is 1.77 bits per heavy atom. The highest BCUT2D eigenvalue weighted by Crippen LogP contribution is 2.64. The normalized spacial score (nSPS) is 29.5. The molecule has 3 aromatic carbocycles. The summed E-state index contributed by atoms with van der Waals surface area (Å²) < 4.78 is 18.8. The number of ether oxygens (including phenoxy) is 1. The number of methoxy groups -OCH3 is 1. The number of rotatable bonds is 2. The molecule has 224 valence electrons. The van der Waals surface area contributed by atoms with E-state index in [-0.39, 0.29) is 29.3 Å². The highest BCUT2D eigenvalue weighted by Gasteiger charge is 2.68. The molecule has 6 unspecified atom stereocenters. The van der Waals surface area contributed by atoms with Gasteiger partial charge in [-0.15, -0.1) is 0 Å². The van der Waals surface area contributed by atoms with Crippen molar-refractivity contribution < 1.29 is 38.2 Å². The molecule has 4 aliphatic rings. The molecule has 5 amide bonds. The minimum atomic E-state index is -1.43. The predicted molar refractivity (Wildman–Crippen MR) is 156 cm³/mol. The number of benzene rings is 3. The lowest BCUT2D eigenvalue weighted by molar-refractivity contribution is -0.138. The molecule has 11 heteroatoms. The zero-order chi connectivity index (χ0) is 31.2. The highest BCUT2D eigenvalue weighted by molar-refractivity contribution is 6.31. The fraction of sp³-hybridized carbons (Fsp3) is 0.303. The van der Waals surface area contributed by atoms with Crippen molar-refractivity contribution in [3.8, 4) is 5.75 Å². The highest BCUT2D eigenvalue weighted by atomic mass is 35.5. The van der Waals surface area contributed by atoms with Crippen LogP contribution < -0.4 is 4.90 Å². The number of anilines is 1. The van der Waals surface area contributed by atoms with Crippen molar-refractivity contribution in [3.63, 3.8) is 0 Å². The zero-order valence-electron chi connectivity index (χ0n) is 23.6. The number of aromatic hydroxyl groups is 1. The summed E-state index contributed by atoms with van der Waals surface area (Å²) in [5.74, 6) is -7.63. The lowest BCUT2D eigenvalue weighted by Crippen LogP contribution is -2.49. The van der Waals surface area contributed by atoms with Crippen molar-refractivity contribution in [3.05, 3.63) is 82.6 Å². The summed E-state index contributed by atoms with van der Waals surface area (Å²) in [4.78, 5) is 69.6. The Kier molecular flexibility index (Phi) is 6.23. The Bertz CT molecular complexity index is 1870. The van der Waals surface area contributed by atoms with Crippen molar-refractivity contribution in [2.24, 2.45) is 29.1 Å². The molecule has 9 nitrogen and oxygen atoms in total. The van der Waals surface area contributed by atoms with Crippen molar-refractivity contribution in [2.75, 3.05) is 12.0 Å². The average Bonchev–Trinajstić information content (AvgIpc) is 3.38. The fourth-order valence-corrected chi connectivity index (χ4v) is 8.18. The van der Waals surface area contributed by atoms with Gasteiger partial charge in [0.15, 0.2) is 0 Å². The van der Waals surface area contributed by atoms with Crippen LogP contribution in [0, 0.1) is 34.9 Å². The van der Waals surface area contributed by atoms with E-state index in [1.807, 2.05) is 24.3 Å². The number of amides is 5. The summed E-state index contributed by atoms with van der Waals surface area (Å²) in [5.41, 5.74) is -0.293. The number of hydrogen-bond donors (Lipinski definition) is 1. The first kappa shape index (κ1) is 28.2. The van der Waals surface area contributed by atoms with E-state index in [9.17, 15) is 33.5 Å². The van der Waals surface area contributed by atoms with Gasteiger partial charge >= 0.3 is 6.09 Å². The molecule has 6 atom stereocenters. The van der Waals surface area contributed by atoms with E-state index in [1.54, 1.807) is 25.1 Å². The molecular weight excluding hydrogens is 591 g/mol. The number of fused-ring (bicyclic) bond motifs is 5. The van der Waals surface area contributed by atoms with Crippen LogP contribution in [0.1, 0.15) is 31.2 Å². The van der Waals surface area contributed by atoms with Crippen LogP contribution in [0.5, 0.6) is 5.75 Å². The maximum Gasteiger partial charge on any atom is 0.423 e. The van der Waals surface area contributed by atoms with Gasteiger partial charge in [-0.1, -0.05) is 59.6 Å². The summed E-state index contributed by atoms with van der Waals surface area (Å²) in [6.07, 6.45) is 0.901. The minimum absolute atomic E-state index is 0.0401. The Hall–Kier alpha value is -4.57. The van der Waals surface area contributed by atoms with Gasteiger partial charge in [-0.25, -0.2) is 14.1 Å². The summed E-state index contributed by atoms with van der Waals surface area (Å²) in [6.45, 7) is 1.67. The van der Waals surface area contributed by atoms with Crippen LogP contribution in [0.15, 0.2) is 66.2 Å². The topological polar surface area (TPSA) is 121 Å². The molecule has 2 aliphatic carbocycles. The molecule has 3 fully saturated rings. The van der Waals surface area contributed by atoms with Gasteiger partial charge in [-0.3, -0.25) is 19.2 Å². The van der Waals surface area contributed by atoms with Crippen LogP contribution in [0.2, 0.25) is 5.02 Å². The molecule has 1 N–H and O–H groups in total. The van der Waals surface area contributed by atoms with Crippen LogP contribution in [-0.4, -0.2) is 46.8 Å². The summed E-state index contributed by atoms with van der Waals surface area (Å²) in [7, 11) is 1.08. The van der Waals surface area contributed by atoms with Gasteiger partial charge in [-0.2, -0.15) is 4.90 Å². The second kappa shape index (κ2) is 9.72. The number of allylic oxidation sites excluding steroid dienone is 2. The van der Waals surface area contributed by atoms with Gasteiger partial charge in [0.2, 0.25) is 23.6 Å². The van der Waals surface area contributed by atoms with Crippen molar-refractivity contribution in [2.45, 2.75) is 25.7 Å². The summed E-state index contributed by atoms with van der Waals surface area (Å²) in [5, 5.41) is 12.7. The minimum Gasteiger partial charge on any atom is -0.507 e. The fourth-order valence-electron chi connectivity index (χ4n) is 8.01. The number of carbonyl (C=O) groups is 5. The molecule has 44 heavy (non-hydrogen) atoms. The molecule has 7 rings (SSSR count). The molecule has 2 saturated heterocycles. The van der Waals surface area contributed by atoms with Gasteiger partial charge in [0.05, 0.1) is 41.0 Å². The summed E-state index contributed by atoms with van der Waals surface area (Å²) in [6, 6.07) is 14.3. The third kappa shape index (κ3) is 3.60. The molecule has 2 heterocycles. The lowest BCUT2D eigenvalue weighted by atomic mass is 9.51. The Morgan fingerprint density at radius 3 is 2.50 bits per heavy atom. The van der Waals surface area contributed by atoms with Gasteiger partial charge in [0.1, 0.15) is 11.6 Å². The quantitative estimate of drug-likeness (QED) is 0.305. The van der Waals surface area contributed by atoms with Gasteiger partial charge in [-0.05, 0) is 49.3 Å². The molecular formula is C33H26ClFN2O7. The van der Waals surface area contributed by atoms with E-state index in [0.29, 0.717) is 21.4 Å². The van der Waals surface area contributed by atoms with Gasteiger partial charge in [0, 0.05) is 16.9 Å². The van der Waals surface area contributed by atoms with E-state index >= 15 is 0 Å². The third-order valence-electron chi connectivity index (χ3n) is 10.0. The maximum absolute atomic E-state index is 14.5. The molecule has 0 radical (unpaired) electrons. The lowest BCUT2D eigenvalue weighted by Gasteiger charge is -2.49.